The van der Waals surface area contributed by atoms with E-state index in [9.17, 15) is 4.39 Å². The Morgan fingerprint density at radius 1 is 1.67 bits per heavy atom. The van der Waals surface area contributed by atoms with Gasteiger partial charge in [-0.15, -0.1) is 11.3 Å². The minimum Gasteiger partial charge on any atom is -0.323 e. The van der Waals surface area contributed by atoms with Crippen molar-refractivity contribution in [1.29, 1.82) is 0 Å². The highest BCUT2D eigenvalue weighted by molar-refractivity contribution is 7.10. The molecule has 1 nitrogen and oxygen atoms in total. The molecular formula is C8H11ClFNS. The first-order chi connectivity index (χ1) is 5.43. The van der Waals surface area contributed by atoms with Gasteiger partial charge in [-0.25, -0.2) is 4.39 Å². The van der Waals surface area contributed by atoms with Crippen LogP contribution in [0.4, 0.5) is 4.39 Å². The zero-order valence-electron chi connectivity index (χ0n) is 6.97. The number of hydrogen-bond acceptors (Lipinski definition) is 2. The summed E-state index contributed by atoms with van der Waals surface area (Å²) in [5, 5.41) is 2.22. The predicted molar refractivity (Wildman–Crippen MR) is 51.4 cm³/mol. The van der Waals surface area contributed by atoms with Crippen molar-refractivity contribution in [3.63, 3.8) is 0 Å². The van der Waals surface area contributed by atoms with Crippen molar-refractivity contribution in [1.82, 2.24) is 0 Å². The Kier molecular flexibility index (Phi) is 2.76. The van der Waals surface area contributed by atoms with Crippen LogP contribution >= 0.6 is 22.9 Å². The van der Waals surface area contributed by atoms with Gasteiger partial charge >= 0.3 is 0 Å². The van der Waals surface area contributed by atoms with Gasteiger partial charge in [0, 0.05) is 5.54 Å². The lowest BCUT2D eigenvalue weighted by Crippen LogP contribution is -2.36. The van der Waals surface area contributed by atoms with Crippen LogP contribution in [0, 0.1) is 0 Å². The fraction of sp³-hybridized carbons (Fsp3) is 0.500. The van der Waals surface area contributed by atoms with E-state index < -0.39 is 11.7 Å². The second-order valence-corrected chi connectivity index (χ2v) is 4.67. The summed E-state index contributed by atoms with van der Waals surface area (Å²) in [5.41, 5.74) is 4.75. The summed E-state index contributed by atoms with van der Waals surface area (Å²) < 4.78 is 13.5. The quantitative estimate of drug-likeness (QED) is 0.792. The highest BCUT2D eigenvalue weighted by Gasteiger charge is 2.29. The third-order valence-electron chi connectivity index (χ3n) is 1.53. The number of nitrogens with two attached hydrogens (primary N) is 1. The number of rotatable bonds is 2. The van der Waals surface area contributed by atoms with Crippen molar-refractivity contribution in [2.75, 3.05) is 0 Å². The lowest BCUT2D eigenvalue weighted by Gasteiger charge is -2.22. The fourth-order valence-electron chi connectivity index (χ4n) is 0.824. The molecule has 0 aliphatic rings. The maximum absolute atomic E-state index is 13.5. The summed E-state index contributed by atoms with van der Waals surface area (Å²) in [6.45, 7) is 3.29. The first-order valence-corrected chi connectivity index (χ1v) is 4.84. The molecular weight excluding hydrogens is 197 g/mol. The van der Waals surface area contributed by atoms with Crippen LogP contribution in [0.2, 0.25) is 5.02 Å². The van der Waals surface area contributed by atoms with Gasteiger partial charge in [0.2, 0.25) is 0 Å². The molecule has 0 saturated carbocycles. The van der Waals surface area contributed by atoms with Gasteiger partial charge in [-0.3, -0.25) is 0 Å². The Hall–Kier alpha value is -0.120. The average Bonchev–Trinajstić information content (AvgIpc) is 2.31. The summed E-state index contributed by atoms with van der Waals surface area (Å²) in [5.74, 6) is 0. The molecule has 0 fully saturated rings. The molecule has 4 heteroatoms. The van der Waals surface area contributed by atoms with E-state index in [1.165, 1.54) is 11.3 Å². The molecule has 0 saturated heterocycles. The molecule has 0 aromatic carbocycles. The Bertz CT molecular complexity index is 266. The highest BCUT2D eigenvalue weighted by atomic mass is 35.5. The summed E-state index contributed by atoms with van der Waals surface area (Å²) in [7, 11) is 0. The topological polar surface area (TPSA) is 26.0 Å². The molecule has 1 unspecified atom stereocenters. The molecule has 12 heavy (non-hydrogen) atoms. The molecule has 0 bridgehead atoms. The predicted octanol–water partition coefficient (Wildman–Crippen LogP) is 3.15. The zero-order valence-corrected chi connectivity index (χ0v) is 8.55. The van der Waals surface area contributed by atoms with Gasteiger partial charge in [-0.05, 0) is 25.3 Å². The van der Waals surface area contributed by atoms with E-state index in [2.05, 4.69) is 0 Å². The summed E-state index contributed by atoms with van der Waals surface area (Å²) in [6.07, 6.45) is -1.19. The van der Waals surface area contributed by atoms with Crippen molar-refractivity contribution in [3.05, 3.63) is 21.3 Å². The molecule has 2 N–H and O–H groups in total. The molecule has 1 rings (SSSR count). The van der Waals surface area contributed by atoms with E-state index in [1.54, 1.807) is 25.3 Å². The van der Waals surface area contributed by atoms with Gasteiger partial charge in [-0.1, -0.05) is 11.6 Å². The van der Waals surface area contributed by atoms with E-state index in [0.29, 0.717) is 9.90 Å². The molecule has 68 valence electrons. The van der Waals surface area contributed by atoms with Gasteiger partial charge in [-0.2, -0.15) is 0 Å². The first kappa shape index (κ1) is 9.96. The van der Waals surface area contributed by atoms with Gasteiger partial charge < -0.3 is 5.73 Å². The molecule has 1 aromatic rings. The number of hydrogen-bond donors (Lipinski definition) is 1. The van der Waals surface area contributed by atoms with Crippen LogP contribution in [0.25, 0.3) is 0 Å². The van der Waals surface area contributed by atoms with E-state index >= 15 is 0 Å². The maximum atomic E-state index is 13.5. The van der Waals surface area contributed by atoms with Crippen molar-refractivity contribution in [2.24, 2.45) is 5.73 Å². The minimum atomic E-state index is -1.19. The van der Waals surface area contributed by atoms with Crippen LogP contribution in [0.1, 0.15) is 24.9 Å². The molecule has 0 aliphatic heterocycles. The van der Waals surface area contributed by atoms with Crippen LogP contribution in [0.15, 0.2) is 11.4 Å². The third kappa shape index (κ3) is 1.97. The molecule has 1 atom stereocenters. The standard InChI is InChI=1S/C8H11ClFNS/c1-8(2,11)7(10)6-5(9)3-4-12-6/h3-4,7H,11H2,1-2H3. The summed E-state index contributed by atoms with van der Waals surface area (Å²) >= 11 is 7.05. The van der Waals surface area contributed by atoms with Crippen LogP contribution in [-0.4, -0.2) is 5.54 Å². The largest absolute Gasteiger partial charge is 0.323 e. The van der Waals surface area contributed by atoms with E-state index in [1.807, 2.05) is 0 Å². The molecule has 0 radical (unpaired) electrons. The highest BCUT2D eigenvalue weighted by Crippen LogP contribution is 2.36. The Morgan fingerprint density at radius 2 is 2.25 bits per heavy atom. The molecule has 1 aromatic heterocycles. The maximum Gasteiger partial charge on any atom is 0.153 e. The zero-order chi connectivity index (χ0) is 9.35. The van der Waals surface area contributed by atoms with Crippen LogP contribution < -0.4 is 5.73 Å². The van der Waals surface area contributed by atoms with Crippen molar-refractivity contribution in [3.8, 4) is 0 Å². The average molecular weight is 208 g/mol. The van der Waals surface area contributed by atoms with Crippen molar-refractivity contribution in [2.45, 2.75) is 25.6 Å². The second kappa shape index (κ2) is 3.32. The molecule has 1 heterocycles. The Labute approximate surface area is 80.3 Å². The SMILES string of the molecule is CC(C)(N)C(F)c1sccc1Cl. The van der Waals surface area contributed by atoms with E-state index in [0.717, 1.165) is 0 Å². The van der Waals surface area contributed by atoms with Gasteiger partial charge in [0.15, 0.2) is 6.17 Å². The normalized spacial score (nSPS) is 14.8. The fourth-order valence-corrected chi connectivity index (χ4v) is 2.15. The third-order valence-corrected chi connectivity index (χ3v) is 2.92. The second-order valence-electron chi connectivity index (χ2n) is 3.32. The number of halogens is 2. The molecule has 0 aliphatic carbocycles. The van der Waals surface area contributed by atoms with Gasteiger partial charge in [0.1, 0.15) is 0 Å². The number of thiophene rings is 1. The van der Waals surface area contributed by atoms with Crippen LogP contribution in [0.3, 0.4) is 0 Å². The monoisotopic (exact) mass is 207 g/mol. The lowest BCUT2D eigenvalue weighted by molar-refractivity contribution is 0.228. The summed E-state index contributed by atoms with van der Waals surface area (Å²) in [4.78, 5) is 0.518. The first-order valence-electron chi connectivity index (χ1n) is 3.59. The smallest absolute Gasteiger partial charge is 0.153 e. The van der Waals surface area contributed by atoms with Crippen molar-refractivity contribution < 1.29 is 4.39 Å². The van der Waals surface area contributed by atoms with Crippen LogP contribution in [-0.2, 0) is 0 Å². The van der Waals surface area contributed by atoms with E-state index in [-0.39, 0.29) is 0 Å². The Balaban J connectivity index is 2.92. The minimum absolute atomic E-state index is 0.464. The van der Waals surface area contributed by atoms with Crippen molar-refractivity contribution >= 4 is 22.9 Å². The molecule has 0 spiro atoms. The number of alkyl halides is 1. The summed E-state index contributed by atoms with van der Waals surface area (Å²) in [6, 6.07) is 1.68. The Morgan fingerprint density at radius 3 is 2.58 bits per heavy atom. The lowest BCUT2D eigenvalue weighted by atomic mass is 9.99. The van der Waals surface area contributed by atoms with Crippen LogP contribution in [0.5, 0.6) is 0 Å². The van der Waals surface area contributed by atoms with Gasteiger partial charge in [0.05, 0.1) is 9.90 Å². The van der Waals surface area contributed by atoms with Gasteiger partial charge in [0.25, 0.3) is 0 Å². The molecule has 0 amide bonds. The van der Waals surface area contributed by atoms with E-state index in [4.69, 9.17) is 17.3 Å².